The van der Waals surface area contributed by atoms with Crippen LogP contribution in [0, 0.1) is 6.92 Å². The third-order valence-corrected chi connectivity index (χ3v) is 3.71. The van der Waals surface area contributed by atoms with Crippen LogP contribution in [0.4, 0.5) is 0 Å². The Morgan fingerprint density at radius 2 is 2.29 bits per heavy atom. The van der Waals surface area contributed by atoms with Crippen LogP contribution in [0.25, 0.3) is 0 Å². The molecule has 2 aromatic rings. The molecule has 0 aliphatic heterocycles. The van der Waals surface area contributed by atoms with Gasteiger partial charge in [-0.15, -0.1) is 16.4 Å². The van der Waals surface area contributed by atoms with Crippen LogP contribution in [-0.4, -0.2) is 23.4 Å². The number of ether oxygens (including phenoxy) is 1. The Labute approximate surface area is 127 Å². The molecule has 0 aliphatic rings. The zero-order valence-electron chi connectivity index (χ0n) is 12.2. The average molecular weight is 303 g/mol. The highest BCUT2D eigenvalue weighted by atomic mass is 32.1. The summed E-state index contributed by atoms with van der Waals surface area (Å²) < 4.78 is 6.65. The molecule has 0 aliphatic carbocycles. The molecule has 0 fully saturated rings. The van der Waals surface area contributed by atoms with Gasteiger partial charge in [-0.3, -0.25) is 0 Å². The van der Waals surface area contributed by atoms with Crippen molar-refractivity contribution in [2.75, 3.05) is 6.61 Å². The Morgan fingerprint density at radius 3 is 3.00 bits per heavy atom. The molecule has 0 atom stereocenters. The van der Waals surface area contributed by atoms with Crippen LogP contribution in [0.5, 0.6) is 0 Å². The minimum absolute atomic E-state index is 0.347. The predicted octanol–water partition coefficient (Wildman–Crippen LogP) is 2.51. The molecule has 2 rings (SSSR count). The quantitative estimate of drug-likeness (QED) is 0.495. The minimum atomic E-state index is -0.347. The molecular formula is C15H17N3O2S. The summed E-state index contributed by atoms with van der Waals surface area (Å²) in [6, 6.07) is 7.99. The molecule has 1 aromatic carbocycles. The van der Waals surface area contributed by atoms with E-state index in [0.29, 0.717) is 17.1 Å². The largest absolute Gasteiger partial charge is 0.461 e. The van der Waals surface area contributed by atoms with Crippen LogP contribution in [0.2, 0.25) is 0 Å². The van der Waals surface area contributed by atoms with Gasteiger partial charge < -0.3 is 9.30 Å². The molecule has 1 heterocycles. The predicted molar refractivity (Wildman–Crippen MR) is 83.6 cm³/mol. The third kappa shape index (κ3) is 3.88. The Bertz CT molecular complexity index is 729. The van der Waals surface area contributed by atoms with Crippen LogP contribution in [0.3, 0.4) is 0 Å². The van der Waals surface area contributed by atoms with Gasteiger partial charge in [0.15, 0.2) is 0 Å². The maximum Gasteiger partial charge on any atom is 0.355 e. The van der Waals surface area contributed by atoms with E-state index in [1.807, 2.05) is 31.2 Å². The molecule has 0 unspecified atom stereocenters. The van der Waals surface area contributed by atoms with E-state index in [0.717, 1.165) is 5.56 Å². The summed E-state index contributed by atoms with van der Waals surface area (Å²) in [5.74, 6) is -0.347. The van der Waals surface area contributed by atoms with Gasteiger partial charge in [0.25, 0.3) is 0 Å². The number of hydrogen-bond donors (Lipinski definition) is 0. The van der Waals surface area contributed by atoms with Gasteiger partial charge in [0, 0.05) is 12.4 Å². The van der Waals surface area contributed by atoms with Crippen molar-refractivity contribution >= 4 is 23.5 Å². The highest BCUT2D eigenvalue weighted by molar-refractivity contribution is 7.07. The number of carbonyl (C=O) groups is 1. The second-order valence-electron chi connectivity index (χ2n) is 4.44. The summed E-state index contributed by atoms with van der Waals surface area (Å²) >= 11 is 1.35. The Balaban J connectivity index is 2.21. The van der Waals surface area contributed by atoms with Crippen molar-refractivity contribution in [2.45, 2.75) is 13.8 Å². The highest BCUT2D eigenvalue weighted by Crippen LogP contribution is 2.03. The zero-order chi connectivity index (χ0) is 15.2. The SMILES string of the molecule is CCOC(=O)c1cs/c(=N\N=C/c2cccc(C)c2)n1C. The van der Waals surface area contributed by atoms with Gasteiger partial charge in [-0.2, -0.15) is 5.10 Å². The van der Waals surface area contributed by atoms with Gasteiger partial charge >= 0.3 is 5.97 Å². The number of carbonyl (C=O) groups excluding carboxylic acids is 1. The van der Waals surface area contributed by atoms with Gasteiger partial charge in [0.05, 0.1) is 12.8 Å². The van der Waals surface area contributed by atoms with Gasteiger partial charge in [-0.05, 0) is 19.4 Å². The lowest BCUT2D eigenvalue weighted by Gasteiger charge is -2.01. The number of nitrogens with zero attached hydrogens (tertiary/aromatic N) is 3. The van der Waals surface area contributed by atoms with Crippen molar-refractivity contribution in [2.24, 2.45) is 17.3 Å². The Kier molecular flexibility index (Phi) is 5.05. The van der Waals surface area contributed by atoms with Crippen molar-refractivity contribution in [3.05, 3.63) is 51.3 Å². The number of aromatic nitrogens is 1. The molecule has 21 heavy (non-hydrogen) atoms. The molecule has 0 bridgehead atoms. The van der Waals surface area contributed by atoms with Gasteiger partial charge in [0.1, 0.15) is 5.69 Å². The van der Waals surface area contributed by atoms with Crippen LogP contribution in [0.15, 0.2) is 39.8 Å². The summed E-state index contributed by atoms with van der Waals surface area (Å²) in [5, 5.41) is 9.93. The molecule has 0 N–H and O–H groups in total. The van der Waals surface area contributed by atoms with Gasteiger partial charge in [0.2, 0.25) is 4.80 Å². The molecule has 0 saturated carbocycles. The van der Waals surface area contributed by atoms with E-state index in [-0.39, 0.29) is 5.97 Å². The fraction of sp³-hybridized carbons (Fsp3) is 0.267. The molecular weight excluding hydrogens is 286 g/mol. The fourth-order valence-electron chi connectivity index (χ4n) is 1.75. The third-order valence-electron chi connectivity index (χ3n) is 2.80. The molecule has 0 amide bonds. The zero-order valence-corrected chi connectivity index (χ0v) is 13.1. The molecule has 0 saturated heterocycles. The van der Waals surface area contributed by atoms with E-state index in [4.69, 9.17) is 4.74 Å². The van der Waals surface area contributed by atoms with Crippen molar-refractivity contribution in [3.63, 3.8) is 0 Å². The Hall–Kier alpha value is -2.21. The number of aryl methyl sites for hydroxylation is 1. The van der Waals surface area contributed by atoms with Crippen LogP contribution >= 0.6 is 11.3 Å². The molecule has 1 aromatic heterocycles. The first-order valence-corrected chi connectivity index (χ1v) is 7.45. The smallest absolute Gasteiger partial charge is 0.355 e. The second kappa shape index (κ2) is 6.99. The van der Waals surface area contributed by atoms with Crippen molar-refractivity contribution < 1.29 is 9.53 Å². The molecule has 5 nitrogen and oxygen atoms in total. The van der Waals surface area contributed by atoms with Crippen molar-refractivity contribution in [3.8, 4) is 0 Å². The Morgan fingerprint density at radius 1 is 1.48 bits per heavy atom. The van der Waals surface area contributed by atoms with Gasteiger partial charge in [-0.1, -0.05) is 29.8 Å². The molecule has 0 radical (unpaired) electrons. The van der Waals surface area contributed by atoms with Crippen LogP contribution in [-0.2, 0) is 11.8 Å². The molecule has 110 valence electrons. The first kappa shape index (κ1) is 15.2. The lowest BCUT2D eigenvalue weighted by atomic mass is 10.2. The van der Waals surface area contributed by atoms with Crippen LogP contribution in [0.1, 0.15) is 28.5 Å². The van der Waals surface area contributed by atoms with E-state index in [1.165, 1.54) is 16.9 Å². The lowest BCUT2D eigenvalue weighted by Crippen LogP contribution is -2.17. The molecule has 6 heteroatoms. The first-order chi connectivity index (χ1) is 10.1. The summed E-state index contributed by atoms with van der Waals surface area (Å²) in [5.41, 5.74) is 2.64. The van der Waals surface area contributed by atoms with E-state index in [2.05, 4.69) is 10.2 Å². The maximum absolute atomic E-state index is 11.7. The van der Waals surface area contributed by atoms with Crippen LogP contribution < -0.4 is 4.80 Å². The van der Waals surface area contributed by atoms with Crippen molar-refractivity contribution in [1.82, 2.24) is 4.57 Å². The number of rotatable bonds is 4. The lowest BCUT2D eigenvalue weighted by molar-refractivity contribution is 0.0515. The van der Waals surface area contributed by atoms with E-state index in [1.54, 1.807) is 30.1 Å². The standard InChI is InChI=1S/C15H17N3O2S/c1-4-20-14(19)13-10-21-15(18(13)3)17-16-9-12-7-5-6-11(2)8-12/h5-10H,4H2,1-3H3/b16-9-,17-15-. The summed E-state index contributed by atoms with van der Waals surface area (Å²) in [4.78, 5) is 12.3. The number of thiazole rings is 1. The monoisotopic (exact) mass is 303 g/mol. The number of esters is 1. The summed E-state index contributed by atoms with van der Waals surface area (Å²) in [6.45, 7) is 4.16. The second-order valence-corrected chi connectivity index (χ2v) is 5.28. The van der Waals surface area contributed by atoms with Gasteiger partial charge in [-0.25, -0.2) is 4.79 Å². The topological polar surface area (TPSA) is 55.9 Å². The summed E-state index contributed by atoms with van der Waals surface area (Å²) in [7, 11) is 1.77. The van der Waals surface area contributed by atoms with E-state index in [9.17, 15) is 4.79 Å². The normalized spacial score (nSPS) is 12.0. The number of benzene rings is 1. The fourth-order valence-corrected chi connectivity index (χ4v) is 2.57. The van der Waals surface area contributed by atoms with Crippen molar-refractivity contribution in [1.29, 1.82) is 0 Å². The highest BCUT2D eigenvalue weighted by Gasteiger charge is 2.11. The maximum atomic E-state index is 11.7. The average Bonchev–Trinajstić information content (AvgIpc) is 2.81. The number of hydrogen-bond acceptors (Lipinski definition) is 5. The van der Waals surface area contributed by atoms with E-state index < -0.39 is 0 Å². The summed E-state index contributed by atoms with van der Waals surface area (Å²) in [6.07, 6.45) is 1.69. The minimum Gasteiger partial charge on any atom is -0.461 e. The first-order valence-electron chi connectivity index (χ1n) is 6.57. The van der Waals surface area contributed by atoms with E-state index >= 15 is 0 Å². The molecule has 0 spiro atoms.